The maximum Gasteiger partial charge on any atom is 0.0725 e. The van der Waals surface area contributed by atoms with Crippen LogP contribution in [0.2, 0.25) is 0 Å². The monoisotopic (exact) mass is 1660 g/mol. The molecule has 130 heavy (non-hydrogen) atoms. The van der Waals surface area contributed by atoms with Crippen LogP contribution < -0.4 is 0 Å². The van der Waals surface area contributed by atoms with Gasteiger partial charge in [0.05, 0.1) is 21.7 Å². The summed E-state index contributed by atoms with van der Waals surface area (Å²) in [5, 5.41) is 0. The number of benzene rings is 20. The zero-order chi connectivity index (χ0) is 85.1. The third-order valence-corrected chi connectivity index (χ3v) is 29.5. The van der Waals surface area contributed by atoms with Crippen LogP contribution in [-0.4, -0.2) is 0 Å². The van der Waals surface area contributed by atoms with Crippen molar-refractivity contribution >= 4 is 0 Å². The fourth-order valence-corrected chi connectivity index (χ4v) is 24.6. The number of hydrogen-bond donors (Lipinski definition) is 0. The van der Waals surface area contributed by atoms with E-state index in [0.29, 0.717) is 0 Å². The van der Waals surface area contributed by atoms with E-state index in [1.165, 1.54) is 245 Å². The summed E-state index contributed by atoms with van der Waals surface area (Å²) in [7, 11) is 0. The Balaban J connectivity index is 0.0000000982. The van der Waals surface area contributed by atoms with E-state index in [9.17, 15) is 0 Å². The van der Waals surface area contributed by atoms with Gasteiger partial charge in [-0.1, -0.05) is 480 Å². The molecule has 4 spiro atoms. The van der Waals surface area contributed by atoms with Gasteiger partial charge >= 0.3 is 0 Å². The van der Waals surface area contributed by atoms with Gasteiger partial charge in [0.1, 0.15) is 0 Å². The molecule has 0 saturated carbocycles. The lowest BCUT2D eigenvalue weighted by molar-refractivity contribution is 0.794. The van der Waals surface area contributed by atoms with Crippen LogP contribution in [-0.2, 0) is 21.7 Å². The molecule has 0 heteroatoms. The van der Waals surface area contributed by atoms with E-state index in [4.69, 9.17) is 0 Å². The van der Waals surface area contributed by atoms with E-state index in [0.717, 1.165) is 0 Å². The molecule has 0 aliphatic heterocycles. The molecule has 0 atom stereocenters. The first-order chi connectivity index (χ1) is 63.2. The minimum Gasteiger partial charge on any atom is -0.0776 e. The van der Waals surface area contributed by atoms with Crippen molar-refractivity contribution < 1.29 is 0 Å². The van der Waals surface area contributed by atoms with Crippen LogP contribution in [0, 0.1) is 27.7 Å². The van der Waals surface area contributed by atoms with Crippen LogP contribution in [0.1, 0.15) is 126 Å². The van der Waals surface area contributed by atoms with Gasteiger partial charge in [0.15, 0.2) is 0 Å². The van der Waals surface area contributed by atoms with E-state index in [2.05, 4.69) is 489 Å². The lowest BCUT2D eigenvalue weighted by Crippen LogP contribution is -2.25. The molecular weight excluding hydrogens is 1560 g/mol. The van der Waals surface area contributed by atoms with Crippen LogP contribution >= 0.6 is 0 Å². The molecule has 0 unspecified atom stereocenters. The molecule has 0 saturated heterocycles. The fraction of sp³-hybridized carbons (Fsp3) is 0.0769. The molecule has 0 radical (unpaired) electrons. The summed E-state index contributed by atoms with van der Waals surface area (Å²) in [6.07, 6.45) is 0. The molecule has 8 aliphatic carbocycles. The van der Waals surface area contributed by atoms with Gasteiger partial charge in [-0.25, -0.2) is 0 Å². The Morgan fingerprint density at radius 3 is 0.677 bits per heavy atom. The summed E-state index contributed by atoms with van der Waals surface area (Å²) in [5.41, 5.74) is 58.6. The summed E-state index contributed by atoms with van der Waals surface area (Å²) >= 11 is 0. The van der Waals surface area contributed by atoms with Crippen molar-refractivity contribution in [3.63, 3.8) is 0 Å². The number of fused-ring (bicyclic) bond motifs is 40. The SMILES string of the molecule is C.C.Cc1ccc(-c2ccc3c(c2)-c2ccccc2C32c3ccccc3-c3ccccc32)cc1.Cc1cccc(-c2ccc3c(c2)-c2ccccc2C32c3ccccc3-c3ccccc32)c1.Cc1cccc(-c2cccc3c2-c2ccccc2C32c3ccccc3-c3ccccc32)c1.Cc1ccccc1-c1cccc2c1-c1ccccc1C21c2ccccc2-c2ccccc21. The van der Waals surface area contributed by atoms with Gasteiger partial charge in [-0.05, 0) is 268 Å². The predicted octanol–water partition coefficient (Wildman–Crippen LogP) is 33.3. The van der Waals surface area contributed by atoms with Gasteiger partial charge < -0.3 is 0 Å². The average Bonchev–Trinajstić information content (AvgIpc) is 1.52. The fourth-order valence-electron chi connectivity index (χ4n) is 24.6. The van der Waals surface area contributed by atoms with Gasteiger partial charge in [-0.2, -0.15) is 0 Å². The smallest absolute Gasteiger partial charge is 0.0725 e. The summed E-state index contributed by atoms with van der Waals surface area (Å²) in [4.78, 5) is 0. The van der Waals surface area contributed by atoms with Crippen molar-refractivity contribution in [2.24, 2.45) is 0 Å². The zero-order valence-corrected chi connectivity index (χ0v) is 71.9. The second-order valence-corrected chi connectivity index (χ2v) is 35.9. The van der Waals surface area contributed by atoms with Gasteiger partial charge in [0.2, 0.25) is 0 Å². The quantitative estimate of drug-likeness (QED) is 0.165. The van der Waals surface area contributed by atoms with Gasteiger partial charge in [0.25, 0.3) is 0 Å². The molecule has 0 amide bonds. The summed E-state index contributed by atoms with van der Waals surface area (Å²) in [6.45, 7) is 8.69. The predicted molar refractivity (Wildman–Crippen MR) is 545 cm³/mol. The third kappa shape index (κ3) is 11.0. The minimum absolute atomic E-state index is 0. The second-order valence-electron chi connectivity index (χ2n) is 35.9. The highest BCUT2D eigenvalue weighted by molar-refractivity contribution is 6.04. The summed E-state index contributed by atoms with van der Waals surface area (Å²) < 4.78 is 0. The molecule has 20 aromatic rings. The highest BCUT2D eigenvalue weighted by Gasteiger charge is 2.56. The number of aryl methyl sites for hydroxylation is 4. The molecule has 0 heterocycles. The Kier molecular flexibility index (Phi) is 18.6. The van der Waals surface area contributed by atoms with Crippen molar-refractivity contribution in [1.82, 2.24) is 0 Å². The molecule has 616 valence electrons. The molecule has 0 aromatic heterocycles. The molecule has 0 bridgehead atoms. The van der Waals surface area contributed by atoms with E-state index >= 15 is 0 Å². The molecular formula is C130H96. The largest absolute Gasteiger partial charge is 0.0776 e. The van der Waals surface area contributed by atoms with Gasteiger partial charge in [0, 0.05) is 0 Å². The first-order valence-corrected chi connectivity index (χ1v) is 45.2. The van der Waals surface area contributed by atoms with Crippen LogP contribution in [0.15, 0.2) is 461 Å². The van der Waals surface area contributed by atoms with E-state index in [1.54, 1.807) is 0 Å². The van der Waals surface area contributed by atoms with Gasteiger partial charge in [-0.15, -0.1) is 0 Å². The topological polar surface area (TPSA) is 0 Å². The Morgan fingerprint density at radius 2 is 0.338 bits per heavy atom. The Bertz CT molecular complexity index is 7830. The summed E-state index contributed by atoms with van der Waals surface area (Å²) in [6, 6.07) is 171. The molecule has 0 nitrogen and oxygen atoms in total. The van der Waals surface area contributed by atoms with Crippen molar-refractivity contribution in [3.8, 4) is 134 Å². The lowest BCUT2D eigenvalue weighted by atomic mass is 9.70. The Hall–Kier alpha value is -15.6. The van der Waals surface area contributed by atoms with Crippen LogP contribution in [0.5, 0.6) is 0 Å². The van der Waals surface area contributed by atoms with Crippen LogP contribution in [0.3, 0.4) is 0 Å². The van der Waals surface area contributed by atoms with Crippen LogP contribution in [0.25, 0.3) is 134 Å². The first kappa shape index (κ1) is 79.1. The van der Waals surface area contributed by atoms with Crippen molar-refractivity contribution in [1.29, 1.82) is 0 Å². The van der Waals surface area contributed by atoms with E-state index < -0.39 is 0 Å². The van der Waals surface area contributed by atoms with Crippen molar-refractivity contribution in [2.45, 2.75) is 64.2 Å². The minimum atomic E-state index is -0.266. The highest BCUT2D eigenvalue weighted by atomic mass is 14.6. The number of hydrogen-bond acceptors (Lipinski definition) is 0. The molecule has 8 aliphatic rings. The van der Waals surface area contributed by atoms with Gasteiger partial charge in [-0.3, -0.25) is 0 Å². The normalized spacial score (nSPS) is 13.8. The molecule has 28 rings (SSSR count). The van der Waals surface area contributed by atoms with E-state index in [1.807, 2.05) is 0 Å². The maximum absolute atomic E-state index is 2.40. The van der Waals surface area contributed by atoms with Crippen molar-refractivity contribution in [3.05, 3.63) is 572 Å². The third-order valence-electron chi connectivity index (χ3n) is 29.5. The van der Waals surface area contributed by atoms with Crippen LogP contribution in [0.4, 0.5) is 0 Å². The van der Waals surface area contributed by atoms with Crippen molar-refractivity contribution in [2.75, 3.05) is 0 Å². The molecule has 20 aromatic carbocycles. The first-order valence-electron chi connectivity index (χ1n) is 45.2. The lowest BCUT2D eigenvalue weighted by Gasteiger charge is -2.30. The molecule has 0 fully saturated rings. The highest BCUT2D eigenvalue weighted by Crippen LogP contribution is 2.69. The average molecular weight is 1660 g/mol. The second kappa shape index (κ2) is 30.6. The Labute approximate surface area is 764 Å². The molecule has 0 N–H and O–H groups in total. The van der Waals surface area contributed by atoms with E-state index in [-0.39, 0.29) is 36.5 Å². The zero-order valence-electron chi connectivity index (χ0n) is 71.9. The standard InChI is InChI=1S/4C32H22.2CH4/c1-21-10-8-11-22(20-21)23-15-9-19-30-31(23)26-14-4-7-18-29(26)32(30)27-16-5-2-12-24(27)25-13-3-6-17-28(25)32;1-21-9-8-10-22(19-21)23-17-18-31-27(20-23)26-13-4-7-16-30(26)32(31)28-14-5-2-11-24(28)25-12-3-6-15-29(25)32;1-21-14-16-22(17-15-21)23-18-19-31-27(20-23)26-10-4-7-13-30(26)32(31)28-11-5-2-8-24(28)25-9-3-6-12-29(25)32;1-21-11-2-3-12-22(21)25-16-10-20-30-31(25)26-15-6-9-19-29(26)32(30)27-17-7-4-13-23(27)24-14-5-8-18-28(24)32;;/h4*2-20H,1H3;2*1H4. The number of rotatable bonds is 4. The maximum atomic E-state index is 2.40. The Morgan fingerprint density at radius 1 is 0.123 bits per heavy atom. The summed E-state index contributed by atoms with van der Waals surface area (Å²) in [5.74, 6) is 0.